The topological polar surface area (TPSA) is 115 Å². The van der Waals surface area contributed by atoms with Crippen LogP contribution in [0.25, 0.3) is 6.08 Å². The molecule has 1 aliphatic heterocycles. The fraction of sp³-hybridized carbons (Fsp3) is 0.297. The zero-order valence-corrected chi connectivity index (χ0v) is 32.4. The standard InChI is InChI=1S/C37H36Br2N2O8S/c1-7-46-35(43)23-11-9-22(10-12-23)19-48-33-25(15-26(38)18-27(33)39)17-30-34(42)41-32(24-13-14-28(49-20(3)4)29(16-24)45-6)31(36(44)47-8-2)21(5)40-37(41)50-30/h9-18,20,32H,7-8,19H2,1-6H3/b30-17+/t32-/m1/s1. The lowest BCUT2D eigenvalue weighted by molar-refractivity contribution is -0.139. The van der Waals surface area contributed by atoms with Gasteiger partial charge in [-0.15, -0.1) is 0 Å². The van der Waals surface area contributed by atoms with Crippen molar-refractivity contribution in [2.75, 3.05) is 20.3 Å². The van der Waals surface area contributed by atoms with Gasteiger partial charge in [0.15, 0.2) is 16.3 Å². The van der Waals surface area contributed by atoms with E-state index in [1.54, 1.807) is 70.4 Å². The van der Waals surface area contributed by atoms with Crippen LogP contribution in [0.5, 0.6) is 17.2 Å². The molecule has 4 aromatic rings. The van der Waals surface area contributed by atoms with Crippen LogP contribution in [0.15, 0.2) is 84.6 Å². The molecule has 5 rings (SSSR count). The highest BCUT2D eigenvalue weighted by Gasteiger charge is 2.34. The van der Waals surface area contributed by atoms with Crippen LogP contribution in [0.2, 0.25) is 0 Å². The molecule has 0 aliphatic carbocycles. The smallest absolute Gasteiger partial charge is 0.338 e. The Hall–Kier alpha value is -4.20. The summed E-state index contributed by atoms with van der Waals surface area (Å²) in [5, 5.41) is 0. The van der Waals surface area contributed by atoms with Gasteiger partial charge in [0, 0.05) is 10.0 Å². The van der Waals surface area contributed by atoms with E-state index < -0.39 is 12.0 Å². The second kappa shape index (κ2) is 16.2. The molecule has 10 nitrogen and oxygen atoms in total. The minimum absolute atomic E-state index is 0.0894. The summed E-state index contributed by atoms with van der Waals surface area (Å²) in [6.45, 7) is 9.72. The number of methoxy groups -OCH3 is 1. The lowest BCUT2D eigenvalue weighted by Crippen LogP contribution is -2.40. The van der Waals surface area contributed by atoms with Gasteiger partial charge in [-0.25, -0.2) is 14.6 Å². The predicted molar refractivity (Wildman–Crippen MR) is 198 cm³/mol. The van der Waals surface area contributed by atoms with Gasteiger partial charge in [0.2, 0.25) is 0 Å². The van der Waals surface area contributed by atoms with Crippen molar-refractivity contribution >= 4 is 61.2 Å². The van der Waals surface area contributed by atoms with Crippen LogP contribution in [0.1, 0.15) is 67.7 Å². The number of allylic oxidation sites excluding steroid dienone is 1. The number of thiazole rings is 1. The quantitative estimate of drug-likeness (QED) is 0.142. The maximum absolute atomic E-state index is 14.3. The molecule has 0 unspecified atom stereocenters. The number of benzene rings is 3. The van der Waals surface area contributed by atoms with E-state index >= 15 is 0 Å². The summed E-state index contributed by atoms with van der Waals surface area (Å²) in [6.07, 6.45) is 1.66. The number of esters is 2. The first-order chi connectivity index (χ1) is 23.9. The minimum Gasteiger partial charge on any atom is -0.493 e. The second-order valence-corrected chi connectivity index (χ2v) is 14.2. The molecule has 1 atom stereocenters. The summed E-state index contributed by atoms with van der Waals surface area (Å²) in [6, 6.07) is 15.2. The average Bonchev–Trinajstić information content (AvgIpc) is 3.37. The molecular weight excluding hydrogens is 792 g/mol. The third-order valence-corrected chi connectivity index (χ3v) is 9.58. The van der Waals surface area contributed by atoms with Gasteiger partial charge in [-0.1, -0.05) is 45.5 Å². The van der Waals surface area contributed by atoms with Gasteiger partial charge < -0.3 is 23.7 Å². The number of rotatable bonds is 12. The highest BCUT2D eigenvalue weighted by Crippen LogP contribution is 2.37. The Balaban J connectivity index is 1.59. The summed E-state index contributed by atoms with van der Waals surface area (Å²) in [7, 11) is 1.54. The van der Waals surface area contributed by atoms with Crippen LogP contribution in [0.4, 0.5) is 0 Å². The molecule has 0 N–H and O–H groups in total. The van der Waals surface area contributed by atoms with Gasteiger partial charge >= 0.3 is 11.9 Å². The number of halogens is 2. The van der Waals surface area contributed by atoms with Crippen LogP contribution in [0.3, 0.4) is 0 Å². The number of aromatic nitrogens is 1. The molecule has 0 radical (unpaired) electrons. The third-order valence-electron chi connectivity index (χ3n) is 7.56. The van der Waals surface area contributed by atoms with Crippen LogP contribution < -0.4 is 29.1 Å². The largest absolute Gasteiger partial charge is 0.493 e. The lowest BCUT2D eigenvalue weighted by Gasteiger charge is -2.25. The number of ether oxygens (including phenoxy) is 5. The monoisotopic (exact) mass is 826 g/mol. The zero-order valence-electron chi connectivity index (χ0n) is 28.4. The number of hydrogen-bond donors (Lipinski definition) is 0. The van der Waals surface area contributed by atoms with Crippen molar-refractivity contribution in [3.8, 4) is 17.2 Å². The lowest BCUT2D eigenvalue weighted by atomic mass is 9.95. The second-order valence-electron chi connectivity index (χ2n) is 11.4. The first-order valence-electron chi connectivity index (χ1n) is 15.9. The highest BCUT2D eigenvalue weighted by atomic mass is 79.9. The maximum atomic E-state index is 14.3. The zero-order chi connectivity index (χ0) is 36.1. The normalized spacial score (nSPS) is 14.3. The van der Waals surface area contributed by atoms with E-state index in [0.717, 1.165) is 10.0 Å². The number of fused-ring (bicyclic) bond motifs is 1. The molecule has 1 aromatic heterocycles. The third kappa shape index (κ3) is 8.06. The van der Waals surface area contributed by atoms with Gasteiger partial charge in [-0.2, -0.15) is 0 Å². The summed E-state index contributed by atoms with van der Waals surface area (Å²) in [4.78, 5) is 44.9. The molecule has 1 aliphatic rings. The van der Waals surface area contributed by atoms with E-state index in [0.29, 0.717) is 60.0 Å². The molecule has 0 spiro atoms. The van der Waals surface area contributed by atoms with Gasteiger partial charge in [-0.3, -0.25) is 9.36 Å². The Morgan fingerprint density at radius 3 is 2.34 bits per heavy atom. The van der Waals surface area contributed by atoms with E-state index in [9.17, 15) is 14.4 Å². The van der Waals surface area contributed by atoms with E-state index in [-0.39, 0.29) is 36.4 Å². The molecule has 2 heterocycles. The summed E-state index contributed by atoms with van der Waals surface area (Å²) < 4.78 is 31.7. The van der Waals surface area contributed by atoms with E-state index in [1.807, 2.05) is 32.0 Å². The molecule has 50 heavy (non-hydrogen) atoms. The SMILES string of the molecule is CCOC(=O)C1=C(C)N=c2s/c(=C/c3cc(Br)cc(Br)c3OCc3ccc(C(=O)OCC)cc3)c(=O)n2[C@@H]1c1ccc(OC(C)C)c(OC)c1. The van der Waals surface area contributed by atoms with Gasteiger partial charge in [-0.05, 0) is 104 Å². The van der Waals surface area contributed by atoms with E-state index in [4.69, 9.17) is 28.7 Å². The fourth-order valence-corrected chi connectivity index (χ4v) is 7.81. The predicted octanol–water partition coefficient (Wildman–Crippen LogP) is 6.87. The van der Waals surface area contributed by atoms with Crippen LogP contribution in [-0.4, -0.2) is 42.9 Å². The van der Waals surface area contributed by atoms with Crippen molar-refractivity contribution in [2.24, 2.45) is 4.99 Å². The Bertz CT molecular complexity index is 2140. The number of carbonyl (C=O) groups excluding carboxylic acids is 2. The van der Waals surface area contributed by atoms with E-state index in [2.05, 4.69) is 31.9 Å². The Morgan fingerprint density at radius 2 is 1.68 bits per heavy atom. The Morgan fingerprint density at radius 1 is 0.980 bits per heavy atom. The van der Waals surface area contributed by atoms with Gasteiger partial charge in [0.25, 0.3) is 5.56 Å². The molecule has 262 valence electrons. The number of nitrogens with zero attached hydrogens (tertiary/aromatic N) is 2. The van der Waals surface area contributed by atoms with Crippen molar-refractivity contribution in [1.82, 2.24) is 4.57 Å². The molecular formula is C37H36Br2N2O8S. The summed E-state index contributed by atoms with van der Waals surface area (Å²) >= 11 is 8.38. The van der Waals surface area contributed by atoms with Crippen molar-refractivity contribution in [3.63, 3.8) is 0 Å². The Labute approximate surface area is 310 Å². The van der Waals surface area contributed by atoms with Crippen molar-refractivity contribution in [2.45, 2.75) is 53.4 Å². The van der Waals surface area contributed by atoms with Crippen molar-refractivity contribution < 1.29 is 33.3 Å². The van der Waals surface area contributed by atoms with Crippen molar-refractivity contribution in [1.29, 1.82) is 0 Å². The Kier molecular flexibility index (Phi) is 12.0. The molecule has 0 fully saturated rings. The summed E-state index contributed by atoms with van der Waals surface area (Å²) in [5.74, 6) is 0.574. The molecule has 0 amide bonds. The number of carbonyl (C=O) groups is 2. The van der Waals surface area contributed by atoms with Gasteiger partial charge in [0.1, 0.15) is 12.4 Å². The van der Waals surface area contributed by atoms with Gasteiger partial charge in [0.05, 0.1) is 58.3 Å². The van der Waals surface area contributed by atoms with Crippen molar-refractivity contribution in [3.05, 3.63) is 117 Å². The van der Waals surface area contributed by atoms with E-state index in [1.165, 1.54) is 15.9 Å². The number of hydrogen-bond acceptors (Lipinski definition) is 10. The first kappa shape index (κ1) is 37.1. The van der Waals surface area contributed by atoms with Crippen LogP contribution in [-0.2, 0) is 20.9 Å². The summed E-state index contributed by atoms with van der Waals surface area (Å²) in [5.41, 5.74) is 2.92. The molecule has 0 bridgehead atoms. The first-order valence-corrected chi connectivity index (χ1v) is 18.3. The average molecular weight is 829 g/mol. The molecule has 0 saturated carbocycles. The highest BCUT2D eigenvalue weighted by molar-refractivity contribution is 9.11. The molecule has 0 saturated heterocycles. The van der Waals surface area contributed by atoms with Crippen LogP contribution in [0, 0.1) is 0 Å². The van der Waals surface area contributed by atoms with Crippen LogP contribution >= 0.6 is 43.2 Å². The molecule has 13 heteroatoms. The minimum atomic E-state index is -0.836. The maximum Gasteiger partial charge on any atom is 0.338 e. The molecule has 3 aromatic carbocycles. The fourth-order valence-electron chi connectivity index (χ4n) is 5.40.